The van der Waals surface area contributed by atoms with Crippen molar-refractivity contribution < 1.29 is 9.26 Å². The molecule has 1 fully saturated rings. The molecule has 0 atom stereocenters. The van der Waals surface area contributed by atoms with Crippen molar-refractivity contribution in [3.63, 3.8) is 0 Å². The maximum absolute atomic E-state index is 5.39. The van der Waals surface area contributed by atoms with E-state index in [9.17, 15) is 0 Å². The minimum atomic E-state index is 0.495. The van der Waals surface area contributed by atoms with E-state index in [-0.39, 0.29) is 0 Å². The van der Waals surface area contributed by atoms with Crippen LogP contribution in [0.2, 0.25) is 0 Å². The molecule has 1 saturated heterocycles. The molecule has 7 nitrogen and oxygen atoms in total. The summed E-state index contributed by atoms with van der Waals surface area (Å²) in [6.45, 7) is 5.08. The van der Waals surface area contributed by atoms with Gasteiger partial charge in [-0.25, -0.2) is 0 Å². The quantitative estimate of drug-likeness (QED) is 0.650. The van der Waals surface area contributed by atoms with Crippen LogP contribution in [0.1, 0.15) is 31.0 Å². The van der Waals surface area contributed by atoms with Crippen molar-refractivity contribution in [3.05, 3.63) is 11.7 Å². The number of nitrogens with one attached hydrogen (secondary N) is 1. The Morgan fingerprint density at radius 1 is 1.43 bits per heavy atom. The number of ether oxygens (including phenoxy) is 1. The zero-order valence-corrected chi connectivity index (χ0v) is 13.1. The number of aryl methyl sites for hydroxylation is 1. The zero-order valence-electron chi connectivity index (χ0n) is 13.1. The lowest BCUT2D eigenvalue weighted by atomic mass is 9.96. The Morgan fingerprint density at radius 2 is 2.19 bits per heavy atom. The van der Waals surface area contributed by atoms with Crippen molar-refractivity contribution >= 4 is 5.96 Å². The van der Waals surface area contributed by atoms with Crippen LogP contribution < -0.4 is 5.32 Å². The van der Waals surface area contributed by atoms with E-state index < -0.39 is 0 Å². The fourth-order valence-corrected chi connectivity index (χ4v) is 2.47. The highest BCUT2D eigenvalue weighted by Crippen LogP contribution is 2.18. The number of hydrogen-bond donors (Lipinski definition) is 1. The lowest BCUT2D eigenvalue weighted by molar-refractivity contribution is 0.0625. The van der Waals surface area contributed by atoms with Crippen LogP contribution in [0.5, 0.6) is 0 Å². The van der Waals surface area contributed by atoms with E-state index in [2.05, 4.69) is 25.3 Å². The minimum Gasteiger partial charge on any atom is -0.381 e. The average molecular weight is 295 g/mol. The van der Waals surface area contributed by atoms with Crippen LogP contribution in [0.25, 0.3) is 0 Å². The summed E-state index contributed by atoms with van der Waals surface area (Å²) in [5.74, 6) is 2.83. The van der Waals surface area contributed by atoms with Gasteiger partial charge in [-0.3, -0.25) is 4.99 Å². The van der Waals surface area contributed by atoms with Crippen LogP contribution in [0, 0.1) is 12.8 Å². The molecule has 0 aromatic carbocycles. The number of guanidine groups is 1. The van der Waals surface area contributed by atoms with Crippen molar-refractivity contribution in [3.8, 4) is 0 Å². The van der Waals surface area contributed by atoms with Gasteiger partial charge in [0.25, 0.3) is 0 Å². The van der Waals surface area contributed by atoms with E-state index in [0.717, 1.165) is 31.6 Å². The standard InChI is InChI=1S/C14H25N5O2/c1-11-17-13(21-18-11)10-16-14(15-2)19(3)7-4-12-5-8-20-9-6-12/h12H,4-10H2,1-3H3,(H,15,16). The monoisotopic (exact) mass is 295 g/mol. The third-order valence-corrected chi connectivity index (χ3v) is 3.75. The topological polar surface area (TPSA) is 75.8 Å². The van der Waals surface area contributed by atoms with Crippen LogP contribution >= 0.6 is 0 Å². The Bertz CT molecular complexity index is 454. The molecule has 1 aromatic heterocycles. The van der Waals surface area contributed by atoms with Crippen molar-refractivity contribution in [1.29, 1.82) is 0 Å². The molecular weight excluding hydrogens is 270 g/mol. The first-order valence-electron chi connectivity index (χ1n) is 7.47. The van der Waals surface area contributed by atoms with Gasteiger partial charge in [-0.05, 0) is 32.1 Å². The Morgan fingerprint density at radius 3 is 2.81 bits per heavy atom. The first-order valence-corrected chi connectivity index (χ1v) is 7.47. The summed E-state index contributed by atoms with van der Waals surface area (Å²) in [7, 11) is 3.83. The van der Waals surface area contributed by atoms with Crippen LogP contribution in [0.4, 0.5) is 0 Å². The molecule has 1 aliphatic rings. The fourth-order valence-electron chi connectivity index (χ4n) is 2.47. The molecule has 0 saturated carbocycles. The summed E-state index contributed by atoms with van der Waals surface area (Å²) in [5, 5.41) is 7.01. The highest BCUT2D eigenvalue weighted by atomic mass is 16.5. The van der Waals surface area contributed by atoms with Gasteiger partial charge in [0.15, 0.2) is 11.8 Å². The number of aromatic nitrogens is 2. The van der Waals surface area contributed by atoms with E-state index in [1.165, 1.54) is 19.3 Å². The van der Waals surface area contributed by atoms with Gasteiger partial charge in [-0.1, -0.05) is 5.16 Å². The van der Waals surface area contributed by atoms with Gasteiger partial charge in [-0.2, -0.15) is 4.98 Å². The van der Waals surface area contributed by atoms with Crippen LogP contribution in [-0.4, -0.2) is 54.9 Å². The Kier molecular flexibility index (Phi) is 5.98. The minimum absolute atomic E-state index is 0.495. The van der Waals surface area contributed by atoms with Crippen LogP contribution in [0.3, 0.4) is 0 Å². The zero-order chi connectivity index (χ0) is 15.1. The third-order valence-electron chi connectivity index (χ3n) is 3.75. The molecular formula is C14H25N5O2. The van der Waals surface area contributed by atoms with Gasteiger partial charge >= 0.3 is 0 Å². The molecule has 118 valence electrons. The largest absolute Gasteiger partial charge is 0.381 e. The Hall–Kier alpha value is -1.63. The normalized spacial score (nSPS) is 17.0. The summed E-state index contributed by atoms with van der Waals surface area (Å²) in [6.07, 6.45) is 3.50. The highest BCUT2D eigenvalue weighted by molar-refractivity contribution is 5.79. The molecule has 2 heterocycles. The number of aliphatic imine (C=N–C) groups is 1. The summed E-state index contributed by atoms with van der Waals surface area (Å²) < 4.78 is 10.5. The van der Waals surface area contributed by atoms with Gasteiger partial charge < -0.3 is 19.5 Å². The Balaban J connectivity index is 1.74. The SMILES string of the molecule is CN=C(NCc1nc(C)no1)N(C)CCC1CCOCC1. The van der Waals surface area contributed by atoms with Crippen molar-refractivity contribution in [2.45, 2.75) is 32.7 Å². The fraction of sp³-hybridized carbons (Fsp3) is 0.786. The maximum atomic E-state index is 5.39. The van der Waals surface area contributed by atoms with E-state index in [1.807, 2.05) is 14.0 Å². The number of rotatable bonds is 5. The molecule has 1 N–H and O–H groups in total. The van der Waals surface area contributed by atoms with Crippen LogP contribution in [-0.2, 0) is 11.3 Å². The van der Waals surface area contributed by atoms with Gasteiger partial charge in [-0.15, -0.1) is 0 Å². The highest BCUT2D eigenvalue weighted by Gasteiger charge is 2.15. The second-order valence-corrected chi connectivity index (χ2v) is 5.40. The first kappa shape index (κ1) is 15.8. The summed E-state index contributed by atoms with van der Waals surface area (Å²) in [6, 6.07) is 0. The maximum Gasteiger partial charge on any atom is 0.246 e. The molecule has 2 rings (SSSR count). The second kappa shape index (κ2) is 7.97. The van der Waals surface area contributed by atoms with Gasteiger partial charge in [0, 0.05) is 33.9 Å². The van der Waals surface area contributed by atoms with Crippen molar-refractivity contribution in [2.24, 2.45) is 10.9 Å². The van der Waals surface area contributed by atoms with E-state index in [1.54, 1.807) is 7.05 Å². The smallest absolute Gasteiger partial charge is 0.246 e. The average Bonchev–Trinajstić information content (AvgIpc) is 2.92. The summed E-state index contributed by atoms with van der Waals surface area (Å²) in [4.78, 5) is 10.6. The molecule has 0 spiro atoms. The predicted molar refractivity (Wildman–Crippen MR) is 80.0 cm³/mol. The van der Waals surface area contributed by atoms with E-state index in [0.29, 0.717) is 18.3 Å². The predicted octanol–water partition coefficient (Wildman–Crippen LogP) is 1.20. The molecule has 1 aliphatic heterocycles. The molecule has 0 amide bonds. The molecule has 7 heteroatoms. The Labute approximate surface area is 125 Å². The van der Waals surface area contributed by atoms with Gasteiger partial charge in [0.2, 0.25) is 5.89 Å². The molecule has 1 aromatic rings. The number of hydrogen-bond acceptors (Lipinski definition) is 5. The molecule has 0 bridgehead atoms. The molecule has 21 heavy (non-hydrogen) atoms. The molecule has 0 unspecified atom stereocenters. The van der Waals surface area contributed by atoms with Gasteiger partial charge in [0.1, 0.15) is 0 Å². The summed E-state index contributed by atoms with van der Waals surface area (Å²) in [5.41, 5.74) is 0. The third kappa shape index (κ3) is 5.00. The molecule has 0 aliphatic carbocycles. The second-order valence-electron chi connectivity index (χ2n) is 5.40. The van der Waals surface area contributed by atoms with Gasteiger partial charge in [0.05, 0.1) is 6.54 Å². The van der Waals surface area contributed by atoms with Crippen molar-refractivity contribution in [1.82, 2.24) is 20.4 Å². The van der Waals surface area contributed by atoms with E-state index in [4.69, 9.17) is 9.26 Å². The van der Waals surface area contributed by atoms with Crippen LogP contribution in [0.15, 0.2) is 9.52 Å². The van der Waals surface area contributed by atoms with Crippen molar-refractivity contribution in [2.75, 3.05) is 33.9 Å². The first-order chi connectivity index (χ1) is 10.2. The lowest BCUT2D eigenvalue weighted by Gasteiger charge is -2.26. The number of nitrogens with zero attached hydrogens (tertiary/aromatic N) is 4. The van der Waals surface area contributed by atoms with E-state index >= 15 is 0 Å². The summed E-state index contributed by atoms with van der Waals surface area (Å²) >= 11 is 0. The molecule has 0 radical (unpaired) electrons. The lowest BCUT2D eigenvalue weighted by Crippen LogP contribution is -2.39.